The summed E-state index contributed by atoms with van der Waals surface area (Å²) in [7, 11) is -4.07. The number of rotatable bonds is 5. The Morgan fingerprint density at radius 3 is 2.14 bits per heavy atom. The highest BCUT2D eigenvalue weighted by Gasteiger charge is 2.27. The van der Waals surface area contributed by atoms with Gasteiger partial charge in [0, 0.05) is 0 Å². The number of hydrogen-bond donors (Lipinski definition) is 1. The van der Waals surface area contributed by atoms with Crippen LogP contribution >= 0.6 is 0 Å². The molecule has 0 spiro atoms. The molecule has 0 aromatic heterocycles. The summed E-state index contributed by atoms with van der Waals surface area (Å²) in [6, 6.07) is 14.4. The Morgan fingerprint density at radius 2 is 1.62 bits per heavy atom. The zero-order valence-corrected chi connectivity index (χ0v) is 12.2. The molecule has 1 unspecified atom stereocenters. The molecule has 0 aliphatic carbocycles. The molecule has 0 saturated carbocycles. The summed E-state index contributed by atoms with van der Waals surface area (Å²) >= 11 is 0. The molecule has 2 N–H and O–H groups in total. The molecule has 5 nitrogen and oxygen atoms in total. The molecule has 0 saturated heterocycles. The van der Waals surface area contributed by atoms with Gasteiger partial charge in [0.2, 0.25) is 0 Å². The molecule has 0 bridgehead atoms. The number of hydrogen-bond acceptors (Lipinski definition) is 4. The lowest BCUT2D eigenvalue weighted by molar-refractivity contribution is -0.124. The van der Waals surface area contributed by atoms with Gasteiger partial charge >= 0.3 is 0 Å². The van der Waals surface area contributed by atoms with Crippen molar-refractivity contribution in [1.29, 1.82) is 0 Å². The van der Waals surface area contributed by atoms with Gasteiger partial charge in [0.15, 0.2) is 6.10 Å². The van der Waals surface area contributed by atoms with Crippen molar-refractivity contribution in [3.8, 4) is 0 Å². The summed E-state index contributed by atoms with van der Waals surface area (Å²) in [5.41, 5.74) is 6.56. The summed E-state index contributed by atoms with van der Waals surface area (Å²) in [5, 5.41) is 0. The average Bonchev–Trinajstić information content (AvgIpc) is 2.46. The second-order valence-electron chi connectivity index (χ2n) is 4.56. The van der Waals surface area contributed by atoms with E-state index in [1.54, 1.807) is 42.5 Å². The van der Waals surface area contributed by atoms with Crippen molar-refractivity contribution in [3.63, 3.8) is 0 Å². The van der Waals surface area contributed by atoms with Crippen LogP contribution in [0.1, 0.15) is 17.2 Å². The van der Waals surface area contributed by atoms with Crippen molar-refractivity contribution in [2.75, 3.05) is 0 Å². The van der Waals surface area contributed by atoms with E-state index in [0.717, 1.165) is 5.56 Å². The van der Waals surface area contributed by atoms with Crippen LogP contribution in [0.3, 0.4) is 0 Å². The third-order valence-electron chi connectivity index (χ3n) is 2.89. The smallest absolute Gasteiger partial charge is 0.298 e. The van der Waals surface area contributed by atoms with Crippen LogP contribution in [0.25, 0.3) is 0 Å². The van der Waals surface area contributed by atoms with Crippen LogP contribution in [0.2, 0.25) is 0 Å². The van der Waals surface area contributed by atoms with E-state index in [9.17, 15) is 13.2 Å². The van der Waals surface area contributed by atoms with Gasteiger partial charge in [-0.25, -0.2) is 4.18 Å². The quantitative estimate of drug-likeness (QED) is 0.855. The van der Waals surface area contributed by atoms with Gasteiger partial charge in [-0.1, -0.05) is 48.0 Å². The maximum atomic E-state index is 12.2. The predicted octanol–water partition coefficient (Wildman–Crippen LogP) is 1.93. The lowest BCUT2D eigenvalue weighted by Gasteiger charge is -2.14. The number of carbonyl (C=O) groups excluding carboxylic acids is 1. The van der Waals surface area contributed by atoms with Gasteiger partial charge in [0.05, 0.1) is 4.90 Å². The first-order valence-electron chi connectivity index (χ1n) is 6.24. The minimum atomic E-state index is -4.07. The Balaban J connectivity index is 2.32. The van der Waals surface area contributed by atoms with E-state index in [4.69, 9.17) is 9.92 Å². The van der Waals surface area contributed by atoms with Crippen LogP contribution in [0.5, 0.6) is 0 Å². The minimum Gasteiger partial charge on any atom is -0.367 e. The fraction of sp³-hybridized carbons (Fsp3) is 0.133. The molecule has 2 rings (SSSR count). The maximum Gasteiger partial charge on any atom is 0.298 e. The molecule has 6 heteroatoms. The normalized spacial score (nSPS) is 12.8. The first-order chi connectivity index (χ1) is 9.90. The Kier molecular flexibility index (Phi) is 4.40. The van der Waals surface area contributed by atoms with Gasteiger partial charge in [-0.15, -0.1) is 0 Å². The Bertz CT molecular complexity index is 724. The zero-order valence-electron chi connectivity index (χ0n) is 11.4. The van der Waals surface area contributed by atoms with E-state index in [0.29, 0.717) is 5.56 Å². The van der Waals surface area contributed by atoms with Gasteiger partial charge in [0.1, 0.15) is 0 Å². The molecule has 110 valence electrons. The van der Waals surface area contributed by atoms with Gasteiger partial charge in [-0.3, -0.25) is 4.79 Å². The summed E-state index contributed by atoms with van der Waals surface area (Å²) in [5.74, 6) is -0.864. The first kappa shape index (κ1) is 15.2. The Labute approximate surface area is 123 Å². The fourth-order valence-corrected chi connectivity index (χ4v) is 2.82. The number of aryl methyl sites for hydroxylation is 1. The molecule has 1 amide bonds. The molecule has 2 aromatic carbocycles. The highest BCUT2D eigenvalue weighted by molar-refractivity contribution is 7.86. The molecule has 21 heavy (non-hydrogen) atoms. The Morgan fingerprint density at radius 1 is 1.05 bits per heavy atom. The summed E-state index contributed by atoms with van der Waals surface area (Å²) in [4.78, 5) is 11.5. The van der Waals surface area contributed by atoms with E-state index in [1.165, 1.54) is 12.1 Å². The number of benzene rings is 2. The molecule has 0 aliphatic heterocycles. The van der Waals surface area contributed by atoms with Crippen molar-refractivity contribution >= 4 is 16.0 Å². The monoisotopic (exact) mass is 305 g/mol. The van der Waals surface area contributed by atoms with Crippen LogP contribution < -0.4 is 5.73 Å². The maximum absolute atomic E-state index is 12.2. The number of primary amides is 1. The molecule has 0 heterocycles. The first-order valence-corrected chi connectivity index (χ1v) is 7.65. The number of carbonyl (C=O) groups is 1. The van der Waals surface area contributed by atoms with E-state index < -0.39 is 22.1 Å². The van der Waals surface area contributed by atoms with Crippen LogP contribution in [0.4, 0.5) is 0 Å². The largest absolute Gasteiger partial charge is 0.367 e. The third kappa shape index (κ3) is 3.68. The topological polar surface area (TPSA) is 86.5 Å². The van der Waals surface area contributed by atoms with Gasteiger partial charge in [0.25, 0.3) is 16.0 Å². The van der Waals surface area contributed by atoms with Crippen molar-refractivity contribution in [1.82, 2.24) is 0 Å². The van der Waals surface area contributed by atoms with Crippen molar-refractivity contribution in [3.05, 3.63) is 65.7 Å². The second-order valence-corrected chi connectivity index (χ2v) is 6.13. The standard InChI is InChI=1S/C15H15NO4S/c1-11-7-9-13(10-8-11)21(18,19)20-14(15(16)17)12-5-3-2-4-6-12/h2-10,14H,1H3,(H2,16,17). The number of amides is 1. The molecule has 0 aliphatic rings. The zero-order chi connectivity index (χ0) is 15.5. The van der Waals surface area contributed by atoms with Crippen molar-refractivity contribution < 1.29 is 17.4 Å². The molecular weight excluding hydrogens is 290 g/mol. The van der Waals surface area contributed by atoms with Crippen LogP contribution in [-0.2, 0) is 19.1 Å². The molecule has 0 fully saturated rings. The van der Waals surface area contributed by atoms with Gasteiger partial charge in [-0.2, -0.15) is 8.42 Å². The lowest BCUT2D eigenvalue weighted by Crippen LogP contribution is -2.26. The average molecular weight is 305 g/mol. The second kappa shape index (κ2) is 6.07. The van der Waals surface area contributed by atoms with E-state index in [2.05, 4.69) is 0 Å². The summed E-state index contributed by atoms with van der Waals surface area (Å²) in [6.07, 6.45) is -1.35. The van der Waals surface area contributed by atoms with Gasteiger partial charge in [-0.05, 0) is 24.6 Å². The van der Waals surface area contributed by atoms with Crippen LogP contribution in [-0.4, -0.2) is 14.3 Å². The van der Waals surface area contributed by atoms with E-state index in [1.807, 2.05) is 6.92 Å². The molecular formula is C15H15NO4S. The summed E-state index contributed by atoms with van der Waals surface area (Å²) in [6.45, 7) is 1.84. The number of nitrogens with two attached hydrogens (primary N) is 1. The van der Waals surface area contributed by atoms with Gasteiger partial charge < -0.3 is 5.73 Å². The molecule has 1 atom stereocenters. The van der Waals surface area contributed by atoms with Crippen molar-refractivity contribution in [2.24, 2.45) is 5.73 Å². The van der Waals surface area contributed by atoms with Crippen molar-refractivity contribution in [2.45, 2.75) is 17.9 Å². The predicted molar refractivity (Wildman–Crippen MR) is 77.8 cm³/mol. The van der Waals surface area contributed by atoms with Crippen LogP contribution in [0.15, 0.2) is 59.5 Å². The minimum absolute atomic E-state index is 0.0183. The molecule has 2 aromatic rings. The van der Waals surface area contributed by atoms with E-state index in [-0.39, 0.29) is 4.90 Å². The van der Waals surface area contributed by atoms with E-state index >= 15 is 0 Å². The van der Waals surface area contributed by atoms with Crippen LogP contribution in [0, 0.1) is 6.92 Å². The SMILES string of the molecule is Cc1ccc(S(=O)(=O)OC(C(N)=O)c2ccccc2)cc1. The Hall–Kier alpha value is -2.18. The lowest BCUT2D eigenvalue weighted by atomic mass is 10.1. The third-order valence-corrected chi connectivity index (χ3v) is 4.19. The highest BCUT2D eigenvalue weighted by Crippen LogP contribution is 2.23. The summed E-state index contributed by atoms with van der Waals surface area (Å²) < 4.78 is 29.4. The fourth-order valence-electron chi connectivity index (χ4n) is 1.78. The highest BCUT2D eigenvalue weighted by atomic mass is 32.2. The molecule has 0 radical (unpaired) electrons.